The van der Waals surface area contributed by atoms with Crippen LogP contribution in [-0.2, 0) is 12.8 Å². The highest BCUT2D eigenvalue weighted by molar-refractivity contribution is 6.31. The topological polar surface area (TPSA) is 47.3 Å². The summed E-state index contributed by atoms with van der Waals surface area (Å²) in [6.45, 7) is 0.717. The molecule has 3 rings (SSSR count). The molecule has 3 N–H and O–H groups in total. The molecule has 1 heterocycles. The fraction of sp³-hybridized carbons (Fsp3) is 0.250. The van der Waals surface area contributed by atoms with Crippen LogP contribution in [0.5, 0.6) is 5.75 Å². The van der Waals surface area contributed by atoms with Crippen molar-refractivity contribution in [1.82, 2.24) is 5.43 Å². The van der Waals surface area contributed by atoms with E-state index in [4.69, 9.17) is 22.2 Å². The van der Waals surface area contributed by atoms with E-state index in [0.717, 1.165) is 29.9 Å². The molecule has 0 bridgehead atoms. The molecular formula is C16H16ClFN2O. The highest BCUT2D eigenvalue weighted by Gasteiger charge is 2.18. The molecule has 0 saturated carbocycles. The van der Waals surface area contributed by atoms with Crippen LogP contribution in [-0.4, -0.2) is 6.61 Å². The molecule has 0 amide bonds. The summed E-state index contributed by atoms with van der Waals surface area (Å²) < 4.78 is 19.0. The van der Waals surface area contributed by atoms with Crippen molar-refractivity contribution in [3.05, 3.63) is 63.9 Å². The van der Waals surface area contributed by atoms with Gasteiger partial charge in [-0.05, 0) is 35.2 Å². The lowest BCUT2D eigenvalue weighted by atomic mass is 9.97. The van der Waals surface area contributed by atoms with Gasteiger partial charge in [-0.1, -0.05) is 35.9 Å². The van der Waals surface area contributed by atoms with Crippen LogP contribution in [0.4, 0.5) is 4.39 Å². The summed E-state index contributed by atoms with van der Waals surface area (Å²) in [5.74, 6) is 6.19. The molecule has 1 aliphatic heterocycles. The average molecular weight is 307 g/mol. The van der Waals surface area contributed by atoms with Crippen LogP contribution < -0.4 is 16.0 Å². The fourth-order valence-electron chi connectivity index (χ4n) is 2.62. The van der Waals surface area contributed by atoms with Crippen LogP contribution in [0, 0.1) is 5.82 Å². The van der Waals surface area contributed by atoms with E-state index in [-0.39, 0.29) is 11.1 Å². The molecule has 2 aromatic carbocycles. The molecule has 0 saturated heterocycles. The van der Waals surface area contributed by atoms with E-state index in [2.05, 4.69) is 11.5 Å². The fourth-order valence-corrected chi connectivity index (χ4v) is 2.83. The van der Waals surface area contributed by atoms with Gasteiger partial charge in [0.2, 0.25) is 0 Å². The number of ether oxygens (including phenoxy) is 1. The number of fused-ring (bicyclic) bond motifs is 1. The maximum Gasteiger partial charge on any atom is 0.142 e. The van der Waals surface area contributed by atoms with Crippen molar-refractivity contribution in [1.29, 1.82) is 0 Å². The van der Waals surface area contributed by atoms with E-state index in [1.54, 1.807) is 6.07 Å². The lowest BCUT2D eigenvalue weighted by Crippen LogP contribution is -2.29. The molecule has 0 radical (unpaired) electrons. The second kappa shape index (κ2) is 6.02. The minimum atomic E-state index is -0.410. The zero-order chi connectivity index (χ0) is 14.8. The van der Waals surface area contributed by atoms with Gasteiger partial charge >= 0.3 is 0 Å². The van der Waals surface area contributed by atoms with Crippen LogP contribution in [0.1, 0.15) is 22.7 Å². The van der Waals surface area contributed by atoms with E-state index in [1.807, 2.05) is 18.2 Å². The first-order chi connectivity index (χ1) is 10.2. The molecule has 1 unspecified atom stereocenters. The lowest BCUT2D eigenvalue weighted by Gasteiger charge is -2.18. The van der Waals surface area contributed by atoms with Gasteiger partial charge in [0.25, 0.3) is 0 Å². The first-order valence-corrected chi connectivity index (χ1v) is 7.21. The first-order valence-electron chi connectivity index (χ1n) is 6.83. The summed E-state index contributed by atoms with van der Waals surface area (Å²) in [4.78, 5) is 0. The Bertz CT molecular complexity index is 663. The summed E-state index contributed by atoms with van der Waals surface area (Å²) in [5, 5.41) is 0.155. The van der Waals surface area contributed by atoms with Gasteiger partial charge in [0.1, 0.15) is 11.6 Å². The van der Waals surface area contributed by atoms with E-state index in [1.165, 1.54) is 11.6 Å². The monoisotopic (exact) mass is 306 g/mol. The number of nitrogens with one attached hydrogen (secondary N) is 1. The predicted octanol–water partition coefficient (Wildman–Crippen LogP) is 3.16. The molecule has 0 spiro atoms. The molecule has 1 atom stereocenters. The molecule has 0 aromatic heterocycles. The van der Waals surface area contributed by atoms with Gasteiger partial charge in [0.15, 0.2) is 0 Å². The Kier molecular flexibility index (Phi) is 4.10. The van der Waals surface area contributed by atoms with Crippen molar-refractivity contribution in [2.75, 3.05) is 6.61 Å². The van der Waals surface area contributed by atoms with Gasteiger partial charge in [0, 0.05) is 6.42 Å². The van der Waals surface area contributed by atoms with Crippen molar-refractivity contribution < 1.29 is 9.13 Å². The average Bonchev–Trinajstić information content (AvgIpc) is 2.96. The van der Waals surface area contributed by atoms with Crippen LogP contribution in [0.15, 0.2) is 36.4 Å². The third-order valence-corrected chi connectivity index (χ3v) is 4.20. The van der Waals surface area contributed by atoms with Crippen molar-refractivity contribution in [2.45, 2.75) is 18.9 Å². The molecule has 0 aliphatic carbocycles. The molecule has 1 aliphatic rings. The van der Waals surface area contributed by atoms with Crippen molar-refractivity contribution in [2.24, 2.45) is 5.84 Å². The summed E-state index contributed by atoms with van der Waals surface area (Å²) in [5.41, 5.74) is 5.74. The van der Waals surface area contributed by atoms with Crippen molar-refractivity contribution in [3.8, 4) is 5.75 Å². The molecule has 21 heavy (non-hydrogen) atoms. The van der Waals surface area contributed by atoms with E-state index >= 15 is 0 Å². The number of halogens is 2. The second-order valence-corrected chi connectivity index (χ2v) is 5.48. The smallest absolute Gasteiger partial charge is 0.142 e. The van der Waals surface area contributed by atoms with Crippen molar-refractivity contribution >= 4 is 11.6 Å². The number of hydrazine groups is 1. The van der Waals surface area contributed by atoms with Gasteiger partial charge in [-0.3, -0.25) is 11.3 Å². The Balaban J connectivity index is 1.87. The van der Waals surface area contributed by atoms with Crippen LogP contribution in [0.2, 0.25) is 5.02 Å². The summed E-state index contributed by atoms with van der Waals surface area (Å²) in [6, 6.07) is 10.7. The van der Waals surface area contributed by atoms with Crippen LogP contribution in [0.3, 0.4) is 0 Å². The number of nitrogens with two attached hydrogens (primary N) is 1. The number of benzene rings is 2. The number of hydrogen-bond acceptors (Lipinski definition) is 3. The standard InChI is InChI=1S/C16H16ClFN2O/c17-16-12(2-1-3-13(16)18)9-14(20-19)10-4-5-15-11(8-10)6-7-21-15/h1-5,8,14,20H,6-7,9,19H2. The summed E-state index contributed by atoms with van der Waals surface area (Å²) >= 11 is 6.01. The van der Waals surface area contributed by atoms with Gasteiger partial charge in [0.05, 0.1) is 17.7 Å². The van der Waals surface area contributed by atoms with E-state index < -0.39 is 5.82 Å². The van der Waals surface area contributed by atoms with E-state index in [0.29, 0.717) is 6.42 Å². The Morgan fingerprint density at radius 3 is 3.00 bits per heavy atom. The van der Waals surface area contributed by atoms with Gasteiger partial charge < -0.3 is 4.74 Å². The first kappa shape index (κ1) is 14.3. The maximum absolute atomic E-state index is 13.5. The highest BCUT2D eigenvalue weighted by Crippen LogP contribution is 2.30. The normalized spacial score (nSPS) is 14.6. The van der Waals surface area contributed by atoms with Crippen molar-refractivity contribution in [3.63, 3.8) is 0 Å². The minimum absolute atomic E-state index is 0.129. The second-order valence-electron chi connectivity index (χ2n) is 5.10. The number of rotatable bonds is 4. The van der Waals surface area contributed by atoms with Gasteiger partial charge in [-0.15, -0.1) is 0 Å². The Labute approximate surface area is 127 Å². The molecule has 110 valence electrons. The Hall–Kier alpha value is -1.62. The zero-order valence-electron chi connectivity index (χ0n) is 11.4. The van der Waals surface area contributed by atoms with Crippen LogP contribution in [0.25, 0.3) is 0 Å². The quantitative estimate of drug-likeness (QED) is 0.674. The predicted molar refractivity (Wildman–Crippen MR) is 80.8 cm³/mol. The van der Waals surface area contributed by atoms with Gasteiger partial charge in [-0.2, -0.15) is 0 Å². The minimum Gasteiger partial charge on any atom is -0.493 e. The molecule has 3 nitrogen and oxygen atoms in total. The van der Waals surface area contributed by atoms with Crippen LogP contribution >= 0.6 is 11.6 Å². The number of hydrogen-bond donors (Lipinski definition) is 2. The lowest BCUT2D eigenvalue weighted by molar-refractivity contribution is 0.356. The molecule has 2 aromatic rings. The maximum atomic E-state index is 13.5. The summed E-state index contributed by atoms with van der Waals surface area (Å²) in [7, 11) is 0. The third kappa shape index (κ3) is 2.88. The Morgan fingerprint density at radius 2 is 2.19 bits per heavy atom. The SMILES string of the molecule is NNC(Cc1cccc(F)c1Cl)c1ccc2c(c1)CCO2. The molecule has 0 fully saturated rings. The third-order valence-electron chi connectivity index (χ3n) is 3.77. The highest BCUT2D eigenvalue weighted by atomic mass is 35.5. The van der Waals surface area contributed by atoms with E-state index in [9.17, 15) is 4.39 Å². The largest absolute Gasteiger partial charge is 0.493 e. The molecule has 5 heteroatoms. The zero-order valence-corrected chi connectivity index (χ0v) is 12.2. The Morgan fingerprint density at radius 1 is 1.33 bits per heavy atom. The van der Waals surface area contributed by atoms with Gasteiger partial charge in [-0.25, -0.2) is 4.39 Å². The summed E-state index contributed by atoms with van der Waals surface area (Å²) in [6.07, 6.45) is 1.42. The molecular weight excluding hydrogens is 291 g/mol.